The van der Waals surface area contributed by atoms with E-state index < -0.39 is 11.5 Å². The Morgan fingerprint density at radius 2 is 2.00 bits per heavy atom. The van der Waals surface area contributed by atoms with Crippen molar-refractivity contribution in [3.63, 3.8) is 0 Å². The molecular formula is C12H23NO5. The average molecular weight is 261 g/mol. The Morgan fingerprint density at radius 3 is 2.44 bits per heavy atom. The van der Waals surface area contributed by atoms with E-state index in [2.05, 4.69) is 5.32 Å². The van der Waals surface area contributed by atoms with Crippen molar-refractivity contribution in [3.05, 3.63) is 0 Å². The fourth-order valence-electron chi connectivity index (χ4n) is 1.36. The summed E-state index contributed by atoms with van der Waals surface area (Å²) in [4.78, 5) is 22.6. The van der Waals surface area contributed by atoms with Gasteiger partial charge in [-0.15, -0.1) is 0 Å². The van der Waals surface area contributed by atoms with Gasteiger partial charge in [-0.25, -0.2) is 4.79 Å². The summed E-state index contributed by atoms with van der Waals surface area (Å²) in [5, 5.41) is 11.5. The first-order valence-corrected chi connectivity index (χ1v) is 5.96. The Kier molecular flexibility index (Phi) is 7.54. The molecule has 0 heterocycles. The lowest BCUT2D eigenvalue weighted by Crippen LogP contribution is -2.55. The molecule has 0 aliphatic heterocycles. The normalized spacial score (nSPS) is 14.3. The molecule has 0 aromatic carbocycles. The van der Waals surface area contributed by atoms with E-state index in [1.807, 2.05) is 13.8 Å². The maximum absolute atomic E-state index is 11.6. The smallest absolute Gasteiger partial charge is 0.331 e. The summed E-state index contributed by atoms with van der Waals surface area (Å²) in [7, 11) is 1.39. The van der Waals surface area contributed by atoms with E-state index in [-0.39, 0.29) is 25.0 Å². The number of hydrogen-bond donors (Lipinski definition) is 2. The van der Waals surface area contributed by atoms with Crippen molar-refractivity contribution >= 4 is 11.9 Å². The molecule has 0 aliphatic carbocycles. The van der Waals surface area contributed by atoms with Crippen LogP contribution < -0.4 is 5.32 Å². The second-order valence-corrected chi connectivity index (χ2v) is 4.64. The van der Waals surface area contributed by atoms with Crippen LogP contribution >= 0.6 is 0 Å². The van der Waals surface area contributed by atoms with Gasteiger partial charge in [-0.05, 0) is 27.2 Å². The molecule has 18 heavy (non-hydrogen) atoms. The van der Waals surface area contributed by atoms with Crippen LogP contribution in [0.25, 0.3) is 0 Å². The molecule has 1 unspecified atom stereocenters. The van der Waals surface area contributed by atoms with Crippen LogP contribution in [0.15, 0.2) is 0 Å². The van der Waals surface area contributed by atoms with Gasteiger partial charge in [0.25, 0.3) is 0 Å². The fraction of sp³-hybridized carbons (Fsp3) is 0.833. The molecule has 0 aromatic rings. The highest BCUT2D eigenvalue weighted by atomic mass is 16.5. The Morgan fingerprint density at radius 1 is 1.39 bits per heavy atom. The summed E-state index contributed by atoms with van der Waals surface area (Å²) in [6, 6.07) is 0. The molecule has 0 bridgehead atoms. The maximum atomic E-state index is 11.6. The maximum Gasteiger partial charge on any atom is 0.331 e. The van der Waals surface area contributed by atoms with Gasteiger partial charge in [-0.1, -0.05) is 0 Å². The van der Waals surface area contributed by atoms with Gasteiger partial charge >= 0.3 is 5.97 Å². The van der Waals surface area contributed by atoms with E-state index in [4.69, 9.17) is 14.6 Å². The van der Waals surface area contributed by atoms with Crippen molar-refractivity contribution in [2.45, 2.75) is 45.3 Å². The first kappa shape index (κ1) is 16.9. The van der Waals surface area contributed by atoms with Gasteiger partial charge in [0.1, 0.15) is 0 Å². The minimum Gasteiger partial charge on any atom is -0.479 e. The molecule has 0 rings (SSSR count). The number of rotatable bonds is 9. The van der Waals surface area contributed by atoms with Crippen molar-refractivity contribution in [2.24, 2.45) is 0 Å². The number of carboxylic acids is 1. The quantitative estimate of drug-likeness (QED) is 0.600. The third kappa shape index (κ3) is 6.56. The second-order valence-electron chi connectivity index (χ2n) is 4.64. The minimum absolute atomic E-state index is 0.0728. The number of carbonyl (C=O) groups excluding carboxylic acids is 1. The van der Waals surface area contributed by atoms with Crippen LogP contribution in [-0.2, 0) is 19.1 Å². The van der Waals surface area contributed by atoms with E-state index >= 15 is 0 Å². The highest BCUT2D eigenvalue weighted by molar-refractivity contribution is 5.86. The van der Waals surface area contributed by atoms with Gasteiger partial charge < -0.3 is 19.9 Å². The molecule has 6 heteroatoms. The molecule has 0 fully saturated rings. The van der Waals surface area contributed by atoms with E-state index in [1.54, 1.807) is 0 Å². The number of ether oxygens (including phenoxy) is 2. The molecule has 0 aromatic heterocycles. The summed E-state index contributed by atoms with van der Waals surface area (Å²) in [6.45, 7) is 5.66. The molecule has 1 atom stereocenters. The molecule has 0 saturated heterocycles. The van der Waals surface area contributed by atoms with Crippen LogP contribution in [0.4, 0.5) is 0 Å². The predicted octanol–water partition coefficient (Wildman–Crippen LogP) is 0.798. The molecule has 106 valence electrons. The average Bonchev–Trinajstić information content (AvgIpc) is 2.24. The molecule has 0 spiro atoms. The van der Waals surface area contributed by atoms with Gasteiger partial charge in [0, 0.05) is 20.1 Å². The molecule has 0 saturated carbocycles. The number of nitrogens with one attached hydrogen (secondary N) is 1. The molecule has 2 N–H and O–H groups in total. The second kappa shape index (κ2) is 8.05. The highest BCUT2D eigenvalue weighted by Gasteiger charge is 2.34. The van der Waals surface area contributed by atoms with Gasteiger partial charge in [0.15, 0.2) is 5.54 Å². The van der Waals surface area contributed by atoms with Gasteiger partial charge in [-0.3, -0.25) is 4.79 Å². The van der Waals surface area contributed by atoms with E-state index in [9.17, 15) is 9.59 Å². The number of hydrogen-bond acceptors (Lipinski definition) is 4. The van der Waals surface area contributed by atoms with Crippen LogP contribution in [0.5, 0.6) is 0 Å². The van der Waals surface area contributed by atoms with Crippen LogP contribution in [0.1, 0.15) is 33.6 Å². The predicted molar refractivity (Wildman–Crippen MR) is 66.4 cm³/mol. The standard InChI is InChI=1S/C12H23NO5/c1-9(2)18-7-5-6-10(14)13-12(3,8-17-4)11(15)16/h9H,5-8H2,1-4H3,(H,13,14)(H,15,16). The first-order chi connectivity index (χ1) is 8.31. The van der Waals surface area contributed by atoms with Crippen molar-refractivity contribution in [1.29, 1.82) is 0 Å². The number of aliphatic carboxylic acids is 1. The number of carboxylic acid groups (broad SMARTS) is 1. The summed E-state index contributed by atoms with van der Waals surface area (Å²) in [5.41, 5.74) is -1.38. The third-order valence-corrected chi connectivity index (χ3v) is 2.32. The van der Waals surface area contributed by atoms with Crippen molar-refractivity contribution in [3.8, 4) is 0 Å². The molecule has 6 nitrogen and oxygen atoms in total. The highest BCUT2D eigenvalue weighted by Crippen LogP contribution is 2.06. The van der Waals surface area contributed by atoms with Crippen molar-refractivity contribution < 1.29 is 24.2 Å². The zero-order valence-corrected chi connectivity index (χ0v) is 11.5. The lowest BCUT2D eigenvalue weighted by Gasteiger charge is -2.25. The largest absolute Gasteiger partial charge is 0.479 e. The number of carbonyl (C=O) groups is 2. The summed E-state index contributed by atoms with van der Waals surface area (Å²) < 4.78 is 10.1. The molecular weight excluding hydrogens is 238 g/mol. The van der Waals surface area contributed by atoms with Crippen LogP contribution in [0.2, 0.25) is 0 Å². The fourth-order valence-corrected chi connectivity index (χ4v) is 1.36. The van der Waals surface area contributed by atoms with Crippen molar-refractivity contribution in [1.82, 2.24) is 5.32 Å². The Balaban J connectivity index is 4.07. The topological polar surface area (TPSA) is 84.9 Å². The van der Waals surface area contributed by atoms with E-state index in [0.29, 0.717) is 13.0 Å². The van der Waals surface area contributed by atoms with E-state index in [1.165, 1.54) is 14.0 Å². The van der Waals surface area contributed by atoms with Gasteiger partial charge in [0.05, 0.1) is 12.7 Å². The Hall–Kier alpha value is -1.14. The first-order valence-electron chi connectivity index (χ1n) is 5.96. The van der Waals surface area contributed by atoms with Gasteiger partial charge in [0.2, 0.25) is 5.91 Å². The molecule has 0 aliphatic rings. The Labute approximate surface area is 108 Å². The molecule has 1 amide bonds. The van der Waals surface area contributed by atoms with Gasteiger partial charge in [-0.2, -0.15) is 0 Å². The molecule has 0 radical (unpaired) electrons. The van der Waals surface area contributed by atoms with Crippen LogP contribution in [-0.4, -0.2) is 48.9 Å². The number of methoxy groups -OCH3 is 1. The van der Waals surface area contributed by atoms with Crippen LogP contribution in [0.3, 0.4) is 0 Å². The summed E-state index contributed by atoms with van der Waals surface area (Å²) in [5.74, 6) is -1.43. The zero-order chi connectivity index (χ0) is 14.2. The zero-order valence-electron chi connectivity index (χ0n) is 11.5. The third-order valence-electron chi connectivity index (χ3n) is 2.32. The van der Waals surface area contributed by atoms with Crippen LogP contribution in [0, 0.1) is 0 Å². The Bertz CT molecular complexity index is 280. The summed E-state index contributed by atoms with van der Waals surface area (Å²) >= 11 is 0. The lowest BCUT2D eigenvalue weighted by molar-refractivity contribution is -0.149. The summed E-state index contributed by atoms with van der Waals surface area (Å²) in [6.07, 6.45) is 0.928. The monoisotopic (exact) mass is 261 g/mol. The van der Waals surface area contributed by atoms with Crippen molar-refractivity contribution in [2.75, 3.05) is 20.3 Å². The lowest BCUT2D eigenvalue weighted by atomic mass is 10.0. The minimum atomic E-state index is -1.38. The number of amides is 1. The van der Waals surface area contributed by atoms with E-state index in [0.717, 1.165) is 0 Å². The SMILES string of the molecule is COCC(C)(NC(=O)CCCOC(C)C)C(=O)O.